The molecule has 1 N–H and O–H groups in total. The Morgan fingerprint density at radius 1 is 1.40 bits per heavy atom. The lowest BCUT2D eigenvalue weighted by atomic mass is 10.1. The number of aryl methyl sites for hydroxylation is 2. The predicted molar refractivity (Wildman–Crippen MR) is 93.0 cm³/mol. The van der Waals surface area contributed by atoms with Gasteiger partial charge in [-0.05, 0) is 31.2 Å². The summed E-state index contributed by atoms with van der Waals surface area (Å²) in [6, 6.07) is 1.86. The van der Waals surface area contributed by atoms with E-state index in [1.807, 2.05) is 0 Å². The number of rotatable bonds is 6. The molecule has 3 heterocycles. The molecule has 0 aliphatic carbocycles. The quantitative estimate of drug-likeness (QED) is 0.838. The summed E-state index contributed by atoms with van der Waals surface area (Å²) in [5, 5.41) is 11.6. The van der Waals surface area contributed by atoms with Gasteiger partial charge in [0.1, 0.15) is 12.4 Å². The molecule has 2 aromatic rings. The van der Waals surface area contributed by atoms with E-state index in [0.717, 1.165) is 25.1 Å². The Morgan fingerprint density at radius 3 is 2.96 bits per heavy atom. The van der Waals surface area contributed by atoms with Crippen LogP contribution in [-0.2, 0) is 30.8 Å². The Morgan fingerprint density at radius 2 is 2.24 bits per heavy atom. The van der Waals surface area contributed by atoms with Gasteiger partial charge in [-0.2, -0.15) is 10.2 Å². The van der Waals surface area contributed by atoms with Crippen LogP contribution in [0.15, 0.2) is 23.3 Å². The van der Waals surface area contributed by atoms with Crippen LogP contribution in [0.5, 0.6) is 0 Å². The molecule has 136 valence electrons. The molecule has 2 aromatic heterocycles. The van der Waals surface area contributed by atoms with Gasteiger partial charge in [-0.25, -0.2) is 9.48 Å². The highest BCUT2D eigenvalue weighted by Crippen LogP contribution is 2.12. The molecule has 0 fully saturated rings. The van der Waals surface area contributed by atoms with Gasteiger partial charge in [0.25, 0.3) is 0 Å². The fraction of sp³-hybridized carbons (Fsp3) is 0.647. The molecule has 0 bridgehead atoms. The highest BCUT2D eigenvalue weighted by atomic mass is 16.2. The van der Waals surface area contributed by atoms with E-state index in [0.29, 0.717) is 25.4 Å². The molecular formula is C17H26N6O2. The number of nitrogens with one attached hydrogen (secondary N) is 1. The van der Waals surface area contributed by atoms with Crippen molar-refractivity contribution in [1.82, 2.24) is 29.4 Å². The molecule has 1 aliphatic rings. The maximum Gasteiger partial charge on any atom is 0.345 e. The molecule has 0 radical (unpaired) electrons. The van der Waals surface area contributed by atoms with E-state index in [2.05, 4.69) is 29.4 Å². The van der Waals surface area contributed by atoms with E-state index in [4.69, 9.17) is 0 Å². The Kier molecular flexibility index (Phi) is 5.35. The Labute approximate surface area is 146 Å². The van der Waals surface area contributed by atoms with Crippen molar-refractivity contribution < 1.29 is 4.79 Å². The summed E-state index contributed by atoms with van der Waals surface area (Å²) in [7, 11) is 0. The van der Waals surface area contributed by atoms with Crippen LogP contribution in [0.1, 0.15) is 38.9 Å². The number of hydrogen-bond donors (Lipinski definition) is 1. The number of aromatic nitrogens is 5. The summed E-state index contributed by atoms with van der Waals surface area (Å²) in [5.41, 5.74) is -0.0285. The van der Waals surface area contributed by atoms with E-state index in [1.54, 1.807) is 32.4 Å². The molecule has 8 nitrogen and oxygen atoms in total. The van der Waals surface area contributed by atoms with Crippen molar-refractivity contribution in [3.8, 4) is 0 Å². The minimum Gasteiger partial charge on any atom is -0.352 e. The average molecular weight is 346 g/mol. The van der Waals surface area contributed by atoms with Crippen LogP contribution in [0.25, 0.3) is 0 Å². The van der Waals surface area contributed by atoms with Crippen LogP contribution in [0.2, 0.25) is 0 Å². The summed E-state index contributed by atoms with van der Waals surface area (Å²) in [6.45, 7) is 5.77. The van der Waals surface area contributed by atoms with Gasteiger partial charge in [0.15, 0.2) is 0 Å². The third-order valence-electron chi connectivity index (χ3n) is 4.57. The molecular weight excluding hydrogens is 320 g/mol. The summed E-state index contributed by atoms with van der Waals surface area (Å²) < 4.78 is 4.95. The minimum absolute atomic E-state index is 0.0285. The van der Waals surface area contributed by atoms with E-state index in [-0.39, 0.29) is 24.2 Å². The second-order valence-corrected chi connectivity index (χ2v) is 7.05. The van der Waals surface area contributed by atoms with Crippen molar-refractivity contribution in [2.75, 3.05) is 0 Å². The highest BCUT2D eigenvalue weighted by Gasteiger charge is 2.22. The van der Waals surface area contributed by atoms with Crippen LogP contribution >= 0.6 is 0 Å². The summed E-state index contributed by atoms with van der Waals surface area (Å²) in [4.78, 5) is 24.6. The standard InChI is InChI=1S/C17H26N6O2/c1-13(2)6-11-23-17(25)22-10-7-14(4-5-15(22)20-23)19-16(24)12-21-9-3-8-18-21/h3,8-9,13-14H,4-7,10-12H2,1-2H3,(H,19,24). The lowest BCUT2D eigenvalue weighted by Crippen LogP contribution is -2.37. The average Bonchev–Trinajstić information content (AvgIpc) is 3.11. The lowest BCUT2D eigenvalue weighted by molar-refractivity contribution is -0.122. The van der Waals surface area contributed by atoms with Crippen molar-refractivity contribution in [1.29, 1.82) is 0 Å². The fourth-order valence-corrected chi connectivity index (χ4v) is 3.11. The maximum atomic E-state index is 12.5. The first-order valence-electron chi connectivity index (χ1n) is 8.96. The molecule has 1 atom stereocenters. The first-order chi connectivity index (χ1) is 12.0. The van der Waals surface area contributed by atoms with Crippen LogP contribution in [-0.4, -0.2) is 36.1 Å². The first-order valence-corrected chi connectivity index (χ1v) is 8.96. The van der Waals surface area contributed by atoms with Crippen molar-refractivity contribution in [3.05, 3.63) is 34.8 Å². The second kappa shape index (κ2) is 7.67. The third kappa shape index (κ3) is 4.37. The van der Waals surface area contributed by atoms with Gasteiger partial charge in [0.05, 0.1) is 0 Å². The SMILES string of the molecule is CC(C)CCn1nc2n(c1=O)CCC(NC(=O)Cn1cccn1)CC2. The monoisotopic (exact) mass is 346 g/mol. The van der Waals surface area contributed by atoms with E-state index < -0.39 is 0 Å². The van der Waals surface area contributed by atoms with E-state index >= 15 is 0 Å². The van der Waals surface area contributed by atoms with Gasteiger partial charge in [0, 0.05) is 37.9 Å². The Hall–Kier alpha value is -2.38. The normalized spacial score (nSPS) is 17.3. The van der Waals surface area contributed by atoms with Gasteiger partial charge >= 0.3 is 5.69 Å². The number of carbonyl (C=O) groups is 1. The van der Waals surface area contributed by atoms with Gasteiger partial charge in [-0.1, -0.05) is 13.8 Å². The smallest absolute Gasteiger partial charge is 0.345 e. The van der Waals surface area contributed by atoms with Gasteiger partial charge in [0.2, 0.25) is 5.91 Å². The van der Waals surface area contributed by atoms with E-state index in [1.165, 1.54) is 0 Å². The van der Waals surface area contributed by atoms with Crippen molar-refractivity contribution in [3.63, 3.8) is 0 Å². The number of nitrogens with zero attached hydrogens (tertiary/aromatic N) is 5. The number of amides is 1. The van der Waals surface area contributed by atoms with Crippen LogP contribution in [0.3, 0.4) is 0 Å². The van der Waals surface area contributed by atoms with Gasteiger partial charge < -0.3 is 5.32 Å². The Bertz CT molecular complexity index is 759. The summed E-state index contributed by atoms with van der Waals surface area (Å²) >= 11 is 0. The molecule has 1 unspecified atom stereocenters. The predicted octanol–water partition coefficient (Wildman–Crippen LogP) is 0.809. The van der Waals surface area contributed by atoms with Crippen LogP contribution in [0, 0.1) is 5.92 Å². The number of hydrogen-bond acceptors (Lipinski definition) is 4. The molecule has 0 aromatic carbocycles. The molecule has 0 spiro atoms. The largest absolute Gasteiger partial charge is 0.352 e. The minimum atomic E-state index is -0.0532. The zero-order chi connectivity index (χ0) is 17.8. The van der Waals surface area contributed by atoms with E-state index in [9.17, 15) is 9.59 Å². The lowest BCUT2D eigenvalue weighted by Gasteiger charge is -2.16. The second-order valence-electron chi connectivity index (χ2n) is 7.05. The summed E-state index contributed by atoms with van der Waals surface area (Å²) in [5.74, 6) is 1.32. The van der Waals surface area contributed by atoms with Crippen molar-refractivity contribution in [2.45, 2.75) is 65.2 Å². The maximum absolute atomic E-state index is 12.5. The molecule has 3 rings (SSSR count). The molecule has 0 saturated heterocycles. The number of carbonyl (C=O) groups excluding carboxylic acids is 1. The molecule has 8 heteroatoms. The van der Waals surface area contributed by atoms with Gasteiger partial charge in [-0.3, -0.25) is 14.0 Å². The zero-order valence-electron chi connectivity index (χ0n) is 14.9. The number of fused-ring (bicyclic) bond motifs is 1. The van der Waals surface area contributed by atoms with Gasteiger partial charge in [-0.15, -0.1) is 0 Å². The summed E-state index contributed by atoms with van der Waals surface area (Å²) in [6.07, 6.45) is 6.61. The van der Waals surface area contributed by atoms with Crippen molar-refractivity contribution >= 4 is 5.91 Å². The third-order valence-corrected chi connectivity index (χ3v) is 4.57. The molecule has 1 amide bonds. The van der Waals surface area contributed by atoms with Crippen LogP contribution < -0.4 is 11.0 Å². The first kappa shape index (κ1) is 17.4. The van der Waals surface area contributed by atoms with Crippen molar-refractivity contribution in [2.24, 2.45) is 5.92 Å². The Balaban J connectivity index is 1.57. The fourth-order valence-electron chi connectivity index (χ4n) is 3.11. The molecule has 1 aliphatic heterocycles. The zero-order valence-corrected chi connectivity index (χ0v) is 14.9. The molecule has 25 heavy (non-hydrogen) atoms. The highest BCUT2D eigenvalue weighted by molar-refractivity contribution is 5.75. The molecule has 0 saturated carbocycles. The van der Waals surface area contributed by atoms with Crippen LogP contribution in [0.4, 0.5) is 0 Å². The topological polar surface area (TPSA) is 86.7 Å².